The third-order valence-corrected chi connectivity index (χ3v) is 0.646. The molecule has 1 N–H and O–H groups in total. The number of halogens is 1. The van der Waals surface area contributed by atoms with Gasteiger partial charge >= 0.3 is 0 Å². The lowest BCUT2D eigenvalue weighted by Gasteiger charge is -1.64. The highest BCUT2D eigenvalue weighted by Gasteiger charge is 1.54. The van der Waals surface area contributed by atoms with Crippen molar-refractivity contribution in [1.82, 2.24) is 0 Å². The number of hydrogen-bond donors (Lipinski definition) is 1. The fraction of sp³-hybridized carbons (Fsp3) is 0. The van der Waals surface area contributed by atoms with Crippen LogP contribution in [0.15, 0.2) is 17.3 Å². The molecular weight excluding hydrogens is 203 g/mol. The number of nitrogens with zero attached hydrogens (tertiary/aromatic N) is 1. The summed E-state index contributed by atoms with van der Waals surface area (Å²) in [6, 6.07) is 0. The number of allylic oxidation sites excluding steroid dienone is 1. The van der Waals surface area contributed by atoms with Crippen LogP contribution in [0.3, 0.4) is 0 Å². The monoisotopic (exact) mass is 208 g/mol. The summed E-state index contributed by atoms with van der Waals surface area (Å²) >= 11 is 2.01. The molecule has 0 radical (unpaired) electrons. The van der Waals surface area contributed by atoms with Crippen molar-refractivity contribution in [2.75, 3.05) is 0 Å². The van der Waals surface area contributed by atoms with Crippen LogP contribution in [-0.4, -0.2) is 10.4 Å². The van der Waals surface area contributed by atoms with Crippen molar-refractivity contribution in [3.05, 3.63) is 12.3 Å². The molecular formula is C4H5IN2. The Morgan fingerprint density at radius 3 is 2.71 bits per heavy atom. The van der Waals surface area contributed by atoms with E-state index in [0.29, 0.717) is 0 Å². The summed E-state index contributed by atoms with van der Waals surface area (Å²) in [7, 11) is 0. The molecule has 0 rings (SSSR count). The van der Waals surface area contributed by atoms with Crippen molar-refractivity contribution in [2.24, 2.45) is 4.99 Å². The van der Waals surface area contributed by atoms with Gasteiger partial charge in [-0.3, -0.25) is 4.99 Å². The predicted molar refractivity (Wildman–Crippen MR) is 40.4 cm³/mol. The van der Waals surface area contributed by atoms with Crippen molar-refractivity contribution in [3.63, 3.8) is 0 Å². The Kier molecular flexibility index (Phi) is 5.65. The quantitative estimate of drug-likeness (QED) is 0.528. The number of rotatable bonds is 2. The van der Waals surface area contributed by atoms with Crippen LogP contribution in [0.1, 0.15) is 0 Å². The minimum atomic E-state index is 1.18. The fourth-order valence-electron chi connectivity index (χ4n) is 0.125. The summed E-state index contributed by atoms with van der Waals surface area (Å²) in [5, 5.41) is 6.49. The molecule has 0 aliphatic rings. The van der Waals surface area contributed by atoms with Gasteiger partial charge in [-0.1, -0.05) is 0 Å². The van der Waals surface area contributed by atoms with Crippen LogP contribution in [0, 0.1) is 5.41 Å². The maximum absolute atomic E-state index is 6.49. The van der Waals surface area contributed by atoms with Gasteiger partial charge in [-0.15, -0.1) is 0 Å². The molecule has 2 nitrogen and oxygen atoms in total. The van der Waals surface area contributed by atoms with E-state index in [-0.39, 0.29) is 0 Å². The van der Waals surface area contributed by atoms with Gasteiger partial charge in [-0.05, 0) is 28.7 Å². The fourth-order valence-corrected chi connectivity index (χ4v) is 0.311. The Morgan fingerprint density at radius 2 is 2.29 bits per heavy atom. The first-order chi connectivity index (χ1) is 3.41. The summed E-state index contributed by atoms with van der Waals surface area (Å²) in [6.07, 6.45) is 4.29. The van der Waals surface area contributed by atoms with E-state index in [1.165, 1.54) is 6.21 Å². The second kappa shape index (κ2) is 5.81. The van der Waals surface area contributed by atoms with Gasteiger partial charge < -0.3 is 5.41 Å². The average molecular weight is 208 g/mol. The minimum absolute atomic E-state index is 1.18. The van der Waals surface area contributed by atoms with Crippen LogP contribution in [0.5, 0.6) is 0 Å². The number of nitrogens with one attached hydrogen (secondary N) is 1. The molecule has 0 amide bonds. The van der Waals surface area contributed by atoms with E-state index in [1.54, 1.807) is 16.5 Å². The maximum atomic E-state index is 6.49. The van der Waals surface area contributed by atoms with Crippen LogP contribution < -0.4 is 0 Å². The third-order valence-electron chi connectivity index (χ3n) is 0.325. The normalized spacial score (nSPS) is 11.0. The van der Waals surface area contributed by atoms with E-state index in [9.17, 15) is 0 Å². The summed E-state index contributed by atoms with van der Waals surface area (Å²) < 4.78 is 1.64. The Balaban J connectivity index is 3.27. The number of hydrogen-bond acceptors (Lipinski definition) is 2. The smallest absolute Gasteiger partial charge is 0.0651 e. The standard InChI is InChI=1S/C4H5IN2/c5-4-7-3-1-2-6/h1-4,6H/b3-1-,6-2?,7-4-. The van der Waals surface area contributed by atoms with Crippen molar-refractivity contribution >= 4 is 33.0 Å². The topological polar surface area (TPSA) is 36.2 Å². The van der Waals surface area contributed by atoms with Crippen molar-refractivity contribution in [2.45, 2.75) is 0 Å². The summed E-state index contributed by atoms with van der Waals surface area (Å²) in [5.41, 5.74) is 0. The molecule has 0 spiro atoms. The predicted octanol–water partition coefficient (Wildman–Crippen LogP) is 1.61. The van der Waals surface area contributed by atoms with Gasteiger partial charge in [-0.2, -0.15) is 0 Å². The molecule has 38 valence electrons. The SMILES string of the molecule is N=C/C=C\N=C/I. The maximum Gasteiger partial charge on any atom is 0.0651 e. The van der Waals surface area contributed by atoms with Gasteiger partial charge in [0.15, 0.2) is 0 Å². The van der Waals surface area contributed by atoms with Gasteiger partial charge in [-0.25, -0.2) is 0 Å². The molecule has 0 atom stereocenters. The molecule has 0 aliphatic carbocycles. The van der Waals surface area contributed by atoms with Crippen LogP contribution in [0.2, 0.25) is 0 Å². The van der Waals surface area contributed by atoms with Crippen LogP contribution >= 0.6 is 22.6 Å². The second-order valence-corrected chi connectivity index (χ2v) is 1.31. The highest BCUT2D eigenvalue weighted by Crippen LogP contribution is 1.73. The van der Waals surface area contributed by atoms with E-state index in [0.717, 1.165) is 0 Å². The van der Waals surface area contributed by atoms with Gasteiger partial charge in [0.2, 0.25) is 0 Å². The largest absolute Gasteiger partial charge is 0.309 e. The van der Waals surface area contributed by atoms with Gasteiger partial charge in [0.05, 0.1) is 4.22 Å². The molecule has 0 bridgehead atoms. The lowest BCUT2D eigenvalue weighted by molar-refractivity contribution is 1.56. The molecule has 0 aliphatic heterocycles. The first-order valence-electron chi connectivity index (χ1n) is 1.69. The molecule has 0 aromatic heterocycles. The summed E-state index contributed by atoms with van der Waals surface area (Å²) in [4.78, 5) is 3.69. The molecule has 0 saturated carbocycles. The van der Waals surface area contributed by atoms with Crippen molar-refractivity contribution in [1.29, 1.82) is 5.41 Å². The first kappa shape index (κ1) is 6.81. The van der Waals surface area contributed by atoms with E-state index in [4.69, 9.17) is 5.41 Å². The summed E-state index contributed by atoms with van der Waals surface area (Å²) in [5.74, 6) is 0. The second-order valence-electron chi connectivity index (χ2n) is 0.755. The van der Waals surface area contributed by atoms with Crippen molar-refractivity contribution < 1.29 is 0 Å². The van der Waals surface area contributed by atoms with Crippen LogP contribution in [-0.2, 0) is 0 Å². The molecule has 0 saturated heterocycles. The zero-order valence-electron chi connectivity index (χ0n) is 3.63. The molecule has 0 heterocycles. The van der Waals surface area contributed by atoms with E-state index < -0.39 is 0 Å². The van der Waals surface area contributed by atoms with E-state index in [1.807, 2.05) is 22.6 Å². The van der Waals surface area contributed by atoms with Crippen LogP contribution in [0.4, 0.5) is 0 Å². The van der Waals surface area contributed by atoms with E-state index in [2.05, 4.69) is 4.99 Å². The lowest BCUT2D eigenvalue weighted by Crippen LogP contribution is -1.53. The third kappa shape index (κ3) is 5.81. The number of aliphatic imine (C=N–C) groups is 1. The minimum Gasteiger partial charge on any atom is -0.309 e. The zero-order valence-corrected chi connectivity index (χ0v) is 5.79. The molecule has 7 heavy (non-hydrogen) atoms. The average Bonchev–Trinajstić information content (AvgIpc) is 1.69. The van der Waals surface area contributed by atoms with Crippen LogP contribution in [0.25, 0.3) is 0 Å². The summed E-state index contributed by atoms with van der Waals surface area (Å²) in [6.45, 7) is 0. The molecule has 0 fully saturated rings. The van der Waals surface area contributed by atoms with Gasteiger partial charge in [0.1, 0.15) is 0 Å². The molecule has 0 aromatic rings. The molecule has 0 aromatic carbocycles. The Hall–Kier alpha value is -0.190. The Morgan fingerprint density at radius 1 is 1.57 bits per heavy atom. The van der Waals surface area contributed by atoms with Crippen molar-refractivity contribution in [3.8, 4) is 0 Å². The first-order valence-corrected chi connectivity index (χ1v) is 2.94. The van der Waals surface area contributed by atoms with Gasteiger partial charge in [0.25, 0.3) is 0 Å². The zero-order chi connectivity index (χ0) is 5.54. The molecule has 3 heteroatoms. The Bertz CT molecular complexity index is 95.9. The Labute approximate surface area is 56.0 Å². The van der Waals surface area contributed by atoms with Gasteiger partial charge in [0, 0.05) is 12.4 Å². The lowest BCUT2D eigenvalue weighted by atomic mass is 10.7. The highest BCUT2D eigenvalue weighted by molar-refractivity contribution is 14.1. The highest BCUT2D eigenvalue weighted by atomic mass is 127. The molecule has 0 unspecified atom stereocenters. The van der Waals surface area contributed by atoms with E-state index >= 15 is 0 Å².